The summed E-state index contributed by atoms with van der Waals surface area (Å²) in [5, 5.41) is 19.8. The molecule has 0 spiro atoms. The zero-order chi connectivity index (χ0) is 17.4. The minimum absolute atomic E-state index is 0.0544. The van der Waals surface area contributed by atoms with E-state index in [0.717, 1.165) is 51.3 Å². The van der Waals surface area contributed by atoms with Gasteiger partial charge in [-0.15, -0.1) is 0 Å². The average molecular weight is 348 g/mol. The summed E-state index contributed by atoms with van der Waals surface area (Å²) in [4.78, 5) is 17.3. The van der Waals surface area contributed by atoms with Gasteiger partial charge in [-0.3, -0.25) is 9.69 Å². The molecule has 1 unspecified atom stereocenters. The molecule has 0 aromatic carbocycles. The van der Waals surface area contributed by atoms with Gasteiger partial charge in [-0.1, -0.05) is 0 Å². The van der Waals surface area contributed by atoms with Gasteiger partial charge < -0.3 is 19.5 Å². The lowest BCUT2D eigenvalue weighted by Crippen LogP contribution is -2.44. The van der Waals surface area contributed by atoms with Crippen molar-refractivity contribution in [1.29, 1.82) is 0 Å². The number of piperidine rings is 1. The number of rotatable bonds is 3. The maximum Gasteiger partial charge on any atom is 0.226 e. The molecule has 1 aromatic rings. The van der Waals surface area contributed by atoms with Gasteiger partial charge in [-0.05, 0) is 56.2 Å². The van der Waals surface area contributed by atoms with Crippen molar-refractivity contribution < 1.29 is 19.4 Å². The lowest BCUT2D eigenvalue weighted by molar-refractivity contribution is -0.136. The largest absolute Gasteiger partial charge is 0.468 e. The van der Waals surface area contributed by atoms with Gasteiger partial charge in [0.2, 0.25) is 5.91 Å². The Labute approximate surface area is 148 Å². The van der Waals surface area contributed by atoms with Gasteiger partial charge in [-0.2, -0.15) is 0 Å². The van der Waals surface area contributed by atoms with E-state index in [1.54, 1.807) is 6.26 Å². The van der Waals surface area contributed by atoms with E-state index in [4.69, 9.17) is 4.42 Å². The zero-order valence-corrected chi connectivity index (χ0v) is 14.6. The molecule has 3 heterocycles. The normalized spacial score (nSPS) is 36.4. The molecule has 2 aliphatic heterocycles. The summed E-state index contributed by atoms with van der Waals surface area (Å²) in [6.45, 7) is 4.04. The fourth-order valence-corrected chi connectivity index (χ4v) is 4.87. The SMILES string of the molecule is O=C(C1CCCN(Cc2ccco2)C1)N1C[C@H]2C[C@H](O)[C@H](O)C[C@H]2C1. The quantitative estimate of drug-likeness (QED) is 0.855. The van der Waals surface area contributed by atoms with Crippen molar-refractivity contribution in [3.63, 3.8) is 0 Å². The van der Waals surface area contributed by atoms with Gasteiger partial charge in [-0.25, -0.2) is 0 Å². The highest BCUT2D eigenvalue weighted by molar-refractivity contribution is 5.79. The molecule has 4 rings (SSSR count). The number of carbonyl (C=O) groups is 1. The van der Waals surface area contributed by atoms with E-state index in [1.165, 1.54) is 0 Å². The van der Waals surface area contributed by atoms with Crippen LogP contribution in [0.5, 0.6) is 0 Å². The monoisotopic (exact) mass is 348 g/mol. The molecule has 1 aromatic heterocycles. The Kier molecular flexibility index (Phi) is 4.84. The summed E-state index contributed by atoms with van der Waals surface area (Å²) < 4.78 is 5.43. The second-order valence-electron chi connectivity index (χ2n) is 8.02. The van der Waals surface area contributed by atoms with E-state index in [2.05, 4.69) is 4.90 Å². The van der Waals surface area contributed by atoms with Gasteiger partial charge in [0, 0.05) is 19.6 Å². The molecule has 5 atom stereocenters. The molecular weight excluding hydrogens is 320 g/mol. The van der Waals surface area contributed by atoms with Crippen molar-refractivity contribution in [3.05, 3.63) is 24.2 Å². The van der Waals surface area contributed by atoms with Crippen LogP contribution in [0.15, 0.2) is 22.8 Å². The van der Waals surface area contributed by atoms with Crippen LogP contribution in [0.4, 0.5) is 0 Å². The maximum absolute atomic E-state index is 13.0. The number of hydrogen-bond donors (Lipinski definition) is 2. The van der Waals surface area contributed by atoms with Crippen LogP contribution in [0.1, 0.15) is 31.4 Å². The van der Waals surface area contributed by atoms with Crippen molar-refractivity contribution in [2.24, 2.45) is 17.8 Å². The molecule has 25 heavy (non-hydrogen) atoms. The minimum Gasteiger partial charge on any atom is -0.468 e. The summed E-state index contributed by atoms with van der Waals surface area (Å²) in [5.74, 6) is 1.93. The Morgan fingerprint density at radius 1 is 1.16 bits per heavy atom. The van der Waals surface area contributed by atoms with Crippen LogP contribution in [0.25, 0.3) is 0 Å². The van der Waals surface area contributed by atoms with Crippen molar-refractivity contribution in [1.82, 2.24) is 9.80 Å². The number of fused-ring (bicyclic) bond motifs is 1. The Morgan fingerprint density at radius 2 is 1.88 bits per heavy atom. The number of aliphatic hydroxyl groups is 2. The molecule has 6 heteroatoms. The summed E-state index contributed by atoms with van der Waals surface area (Å²) in [6, 6.07) is 3.88. The minimum atomic E-state index is -0.630. The highest BCUT2D eigenvalue weighted by atomic mass is 16.3. The predicted octanol–water partition coefficient (Wildman–Crippen LogP) is 1.08. The first-order chi connectivity index (χ1) is 12.1. The second kappa shape index (κ2) is 7.09. The molecular formula is C19H28N2O4. The highest BCUT2D eigenvalue weighted by Crippen LogP contribution is 2.37. The van der Waals surface area contributed by atoms with Gasteiger partial charge in [0.1, 0.15) is 5.76 Å². The summed E-state index contributed by atoms with van der Waals surface area (Å²) >= 11 is 0. The van der Waals surface area contributed by atoms with E-state index >= 15 is 0 Å². The second-order valence-corrected chi connectivity index (χ2v) is 8.02. The Morgan fingerprint density at radius 3 is 2.52 bits per heavy atom. The molecule has 2 saturated heterocycles. The van der Waals surface area contributed by atoms with E-state index in [0.29, 0.717) is 24.7 Å². The number of carbonyl (C=O) groups excluding carboxylic acids is 1. The molecule has 1 aliphatic carbocycles. The third-order valence-electron chi connectivity index (χ3n) is 6.24. The molecule has 2 N–H and O–H groups in total. The number of nitrogens with zero attached hydrogens (tertiary/aromatic N) is 2. The number of hydrogen-bond acceptors (Lipinski definition) is 5. The Bertz CT molecular complexity index is 572. The van der Waals surface area contributed by atoms with Crippen molar-refractivity contribution in [2.45, 2.75) is 44.4 Å². The van der Waals surface area contributed by atoms with E-state index < -0.39 is 12.2 Å². The van der Waals surface area contributed by atoms with Crippen LogP contribution >= 0.6 is 0 Å². The first kappa shape index (κ1) is 17.1. The van der Waals surface area contributed by atoms with Gasteiger partial charge in [0.25, 0.3) is 0 Å². The van der Waals surface area contributed by atoms with Crippen molar-refractivity contribution in [2.75, 3.05) is 26.2 Å². The Hall–Kier alpha value is -1.37. The molecule has 1 amide bonds. The highest BCUT2D eigenvalue weighted by Gasteiger charge is 2.43. The lowest BCUT2D eigenvalue weighted by atomic mass is 9.79. The van der Waals surface area contributed by atoms with Crippen LogP contribution in [0.3, 0.4) is 0 Å². The third-order valence-corrected chi connectivity index (χ3v) is 6.24. The Balaban J connectivity index is 1.34. The van der Waals surface area contributed by atoms with E-state index in [9.17, 15) is 15.0 Å². The van der Waals surface area contributed by atoms with Crippen LogP contribution in [-0.2, 0) is 11.3 Å². The van der Waals surface area contributed by atoms with Gasteiger partial charge in [0.15, 0.2) is 0 Å². The first-order valence-corrected chi connectivity index (χ1v) is 9.50. The van der Waals surface area contributed by atoms with Crippen molar-refractivity contribution >= 4 is 5.91 Å². The summed E-state index contributed by atoms with van der Waals surface area (Å²) in [5.41, 5.74) is 0. The summed E-state index contributed by atoms with van der Waals surface area (Å²) in [7, 11) is 0. The van der Waals surface area contributed by atoms with Crippen LogP contribution in [0, 0.1) is 17.8 Å². The van der Waals surface area contributed by atoms with E-state index in [1.807, 2.05) is 17.0 Å². The smallest absolute Gasteiger partial charge is 0.226 e. The lowest BCUT2D eigenvalue weighted by Gasteiger charge is -2.33. The molecule has 0 bridgehead atoms. The topological polar surface area (TPSA) is 77.2 Å². The molecule has 3 aliphatic rings. The predicted molar refractivity (Wildman–Crippen MR) is 91.5 cm³/mol. The average Bonchev–Trinajstić information content (AvgIpc) is 3.24. The first-order valence-electron chi connectivity index (χ1n) is 9.50. The summed E-state index contributed by atoms with van der Waals surface area (Å²) in [6.07, 6.45) is 3.65. The molecule has 3 fully saturated rings. The van der Waals surface area contributed by atoms with Crippen LogP contribution in [-0.4, -0.2) is 64.3 Å². The fraction of sp³-hybridized carbons (Fsp3) is 0.737. The number of aliphatic hydroxyl groups excluding tert-OH is 2. The molecule has 138 valence electrons. The number of amides is 1. The maximum atomic E-state index is 13.0. The van der Waals surface area contributed by atoms with E-state index in [-0.39, 0.29) is 11.8 Å². The third kappa shape index (κ3) is 3.61. The van der Waals surface area contributed by atoms with Crippen LogP contribution < -0.4 is 0 Å². The standard InChI is InChI=1S/C19H28N2O4/c22-17-7-14-10-21(11-15(14)8-18(17)23)19(24)13-3-1-5-20(9-13)12-16-4-2-6-25-16/h2,4,6,13-15,17-18,22-23H,1,3,5,7-12H2/t13?,14-,15+,17+,18-. The zero-order valence-electron chi connectivity index (χ0n) is 14.6. The van der Waals surface area contributed by atoms with Crippen molar-refractivity contribution in [3.8, 4) is 0 Å². The molecule has 1 saturated carbocycles. The molecule has 0 radical (unpaired) electrons. The van der Waals surface area contributed by atoms with Gasteiger partial charge in [0.05, 0.1) is 30.9 Å². The number of likely N-dealkylation sites (tertiary alicyclic amines) is 2. The van der Waals surface area contributed by atoms with Gasteiger partial charge >= 0.3 is 0 Å². The number of furan rings is 1. The van der Waals surface area contributed by atoms with Crippen LogP contribution in [0.2, 0.25) is 0 Å². The fourth-order valence-electron chi connectivity index (χ4n) is 4.87. The molecule has 6 nitrogen and oxygen atoms in total.